The lowest BCUT2D eigenvalue weighted by Gasteiger charge is -2.23. The fourth-order valence-electron chi connectivity index (χ4n) is 2.61. The number of nitrogens with one attached hydrogen (secondary N) is 1. The molecule has 3 nitrogen and oxygen atoms in total. The van der Waals surface area contributed by atoms with E-state index in [0.29, 0.717) is 6.04 Å². The molecule has 4 heteroatoms. The van der Waals surface area contributed by atoms with Crippen LogP contribution in [0.3, 0.4) is 0 Å². The molecule has 1 N–H and O–H groups in total. The van der Waals surface area contributed by atoms with Gasteiger partial charge in [-0.05, 0) is 54.6 Å². The van der Waals surface area contributed by atoms with Crippen LogP contribution in [0.25, 0.3) is 0 Å². The number of hydrogen-bond acceptors (Lipinski definition) is 2. The number of hydrogen-bond donors (Lipinski definition) is 1. The maximum Gasteiger partial charge on any atom is 0.0738 e. The second-order valence-electron chi connectivity index (χ2n) is 5.27. The molecular formula is C13H22BrN3. The van der Waals surface area contributed by atoms with Crippen molar-refractivity contribution in [3.63, 3.8) is 0 Å². The van der Waals surface area contributed by atoms with Gasteiger partial charge >= 0.3 is 0 Å². The molecule has 0 amide bonds. The lowest BCUT2D eigenvalue weighted by atomic mass is 9.93. The molecule has 2 rings (SSSR count). The second kappa shape index (κ2) is 5.11. The Labute approximate surface area is 112 Å². The predicted molar refractivity (Wildman–Crippen MR) is 74.1 cm³/mol. The Balaban J connectivity index is 2.11. The van der Waals surface area contributed by atoms with Crippen LogP contribution in [0.2, 0.25) is 0 Å². The summed E-state index contributed by atoms with van der Waals surface area (Å²) in [5.41, 5.74) is 2.38. The molecule has 0 radical (unpaired) electrons. The SMILES string of the molecule is CNC(Cc1c(Br)c(C)nn1C)C(C)C1CC1. The van der Waals surface area contributed by atoms with Crippen LogP contribution < -0.4 is 5.32 Å². The number of nitrogens with zero attached hydrogens (tertiary/aromatic N) is 2. The van der Waals surface area contributed by atoms with Gasteiger partial charge in [-0.25, -0.2) is 0 Å². The summed E-state index contributed by atoms with van der Waals surface area (Å²) in [6.07, 6.45) is 3.86. The minimum absolute atomic E-state index is 0.550. The van der Waals surface area contributed by atoms with Crippen molar-refractivity contribution in [2.45, 2.75) is 39.2 Å². The zero-order chi connectivity index (χ0) is 12.6. The lowest BCUT2D eigenvalue weighted by molar-refractivity contribution is 0.352. The van der Waals surface area contributed by atoms with Crippen LogP contribution in [0.5, 0.6) is 0 Å². The molecule has 1 aromatic heterocycles. The number of aryl methyl sites for hydroxylation is 2. The van der Waals surface area contributed by atoms with Crippen LogP contribution in [-0.4, -0.2) is 22.9 Å². The van der Waals surface area contributed by atoms with Crippen molar-refractivity contribution in [3.8, 4) is 0 Å². The average Bonchev–Trinajstić information content (AvgIpc) is 3.09. The molecular weight excluding hydrogens is 278 g/mol. The Morgan fingerprint density at radius 3 is 2.59 bits per heavy atom. The zero-order valence-electron chi connectivity index (χ0n) is 11.1. The van der Waals surface area contributed by atoms with E-state index in [1.165, 1.54) is 23.0 Å². The largest absolute Gasteiger partial charge is 0.316 e. The van der Waals surface area contributed by atoms with Crippen molar-refractivity contribution < 1.29 is 0 Å². The monoisotopic (exact) mass is 299 g/mol. The molecule has 1 saturated carbocycles. The summed E-state index contributed by atoms with van der Waals surface area (Å²) >= 11 is 3.65. The summed E-state index contributed by atoms with van der Waals surface area (Å²) in [5.74, 6) is 1.68. The van der Waals surface area contributed by atoms with E-state index in [1.807, 2.05) is 18.7 Å². The highest BCUT2D eigenvalue weighted by molar-refractivity contribution is 9.10. The lowest BCUT2D eigenvalue weighted by Crippen LogP contribution is -2.35. The zero-order valence-corrected chi connectivity index (χ0v) is 12.7. The molecule has 0 aliphatic heterocycles. The van der Waals surface area contributed by atoms with Crippen molar-refractivity contribution >= 4 is 15.9 Å². The molecule has 0 saturated heterocycles. The van der Waals surface area contributed by atoms with E-state index in [1.54, 1.807) is 0 Å². The second-order valence-corrected chi connectivity index (χ2v) is 6.06. The maximum atomic E-state index is 4.46. The number of likely N-dealkylation sites (N-methyl/N-ethyl adjacent to an activating group) is 1. The van der Waals surface area contributed by atoms with Crippen molar-refractivity contribution in [1.82, 2.24) is 15.1 Å². The first-order valence-electron chi connectivity index (χ1n) is 6.39. The molecule has 1 aromatic rings. The normalized spacial score (nSPS) is 19.4. The molecule has 0 aromatic carbocycles. The highest BCUT2D eigenvalue weighted by Crippen LogP contribution is 2.39. The van der Waals surface area contributed by atoms with E-state index in [0.717, 1.165) is 24.0 Å². The molecule has 1 heterocycles. The van der Waals surface area contributed by atoms with Crippen LogP contribution >= 0.6 is 15.9 Å². The third-order valence-electron chi connectivity index (χ3n) is 4.05. The van der Waals surface area contributed by atoms with Gasteiger partial charge in [0.2, 0.25) is 0 Å². The van der Waals surface area contributed by atoms with Gasteiger partial charge in [-0.3, -0.25) is 4.68 Å². The van der Waals surface area contributed by atoms with Crippen LogP contribution in [-0.2, 0) is 13.5 Å². The summed E-state index contributed by atoms with van der Waals surface area (Å²) < 4.78 is 3.17. The highest BCUT2D eigenvalue weighted by atomic mass is 79.9. The molecule has 1 fully saturated rings. The van der Waals surface area contributed by atoms with E-state index >= 15 is 0 Å². The fourth-order valence-corrected chi connectivity index (χ4v) is 3.11. The van der Waals surface area contributed by atoms with E-state index in [-0.39, 0.29) is 0 Å². The van der Waals surface area contributed by atoms with Gasteiger partial charge in [-0.1, -0.05) is 6.92 Å². The Bertz CT molecular complexity index is 396. The first kappa shape index (κ1) is 13.1. The maximum absolute atomic E-state index is 4.46. The smallest absolute Gasteiger partial charge is 0.0738 e. The Hall–Kier alpha value is -0.350. The third-order valence-corrected chi connectivity index (χ3v) is 5.08. The van der Waals surface area contributed by atoms with Gasteiger partial charge in [0.05, 0.1) is 15.9 Å². The van der Waals surface area contributed by atoms with Gasteiger partial charge in [0.15, 0.2) is 0 Å². The summed E-state index contributed by atoms with van der Waals surface area (Å²) in [7, 11) is 4.10. The third kappa shape index (κ3) is 2.74. The van der Waals surface area contributed by atoms with Crippen molar-refractivity contribution in [2.24, 2.45) is 18.9 Å². The molecule has 2 unspecified atom stereocenters. The minimum Gasteiger partial charge on any atom is -0.316 e. The number of aromatic nitrogens is 2. The highest BCUT2D eigenvalue weighted by Gasteiger charge is 2.33. The van der Waals surface area contributed by atoms with Crippen LogP contribution in [0.1, 0.15) is 31.2 Å². The molecule has 17 heavy (non-hydrogen) atoms. The summed E-state index contributed by atoms with van der Waals surface area (Å²) in [6.45, 7) is 4.42. The Morgan fingerprint density at radius 2 is 2.18 bits per heavy atom. The molecule has 0 bridgehead atoms. The van der Waals surface area contributed by atoms with Crippen LogP contribution in [0.15, 0.2) is 4.47 Å². The Morgan fingerprint density at radius 1 is 1.53 bits per heavy atom. The standard InChI is InChI=1S/C13H22BrN3/c1-8(10-5-6-10)11(15-3)7-12-13(14)9(2)16-17(12)4/h8,10-11,15H,5-7H2,1-4H3. The molecule has 1 aliphatic rings. The van der Waals surface area contributed by atoms with E-state index in [2.05, 4.69) is 40.3 Å². The van der Waals surface area contributed by atoms with E-state index in [4.69, 9.17) is 0 Å². The predicted octanol–water partition coefficient (Wildman–Crippen LogP) is 2.67. The van der Waals surface area contributed by atoms with Gasteiger partial charge in [0, 0.05) is 19.5 Å². The van der Waals surface area contributed by atoms with Gasteiger partial charge in [-0.15, -0.1) is 0 Å². The van der Waals surface area contributed by atoms with Crippen LogP contribution in [0, 0.1) is 18.8 Å². The fraction of sp³-hybridized carbons (Fsp3) is 0.769. The molecule has 0 spiro atoms. The van der Waals surface area contributed by atoms with Crippen LogP contribution in [0.4, 0.5) is 0 Å². The first-order valence-corrected chi connectivity index (χ1v) is 7.19. The van der Waals surface area contributed by atoms with Crippen molar-refractivity contribution in [2.75, 3.05) is 7.05 Å². The molecule has 96 valence electrons. The van der Waals surface area contributed by atoms with Crippen molar-refractivity contribution in [1.29, 1.82) is 0 Å². The Kier molecular flexibility index (Phi) is 3.93. The summed E-state index contributed by atoms with van der Waals surface area (Å²) in [6, 6.07) is 0.550. The van der Waals surface area contributed by atoms with Crippen molar-refractivity contribution in [3.05, 3.63) is 15.9 Å². The first-order chi connectivity index (χ1) is 8.04. The van der Waals surface area contributed by atoms with E-state index < -0.39 is 0 Å². The summed E-state index contributed by atoms with van der Waals surface area (Å²) in [4.78, 5) is 0. The van der Waals surface area contributed by atoms with Gasteiger partial charge < -0.3 is 5.32 Å². The topological polar surface area (TPSA) is 29.9 Å². The quantitative estimate of drug-likeness (QED) is 0.906. The van der Waals surface area contributed by atoms with Gasteiger partial charge in [0.1, 0.15) is 0 Å². The van der Waals surface area contributed by atoms with Gasteiger partial charge in [-0.2, -0.15) is 5.10 Å². The molecule has 2 atom stereocenters. The van der Waals surface area contributed by atoms with Gasteiger partial charge in [0.25, 0.3) is 0 Å². The molecule has 1 aliphatic carbocycles. The average molecular weight is 300 g/mol. The number of halogens is 1. The summed E-state index contributed by atoms with van der Waals surface area (Å²) in [5, 5.41) is 7.93. The number of rotatable bonds is 5. The minimum atomic E-state index is 0.550. The van der Waals surface area contributed by atoms with E-state index in [9.17, 15) is 0 Å².